The van der Waals surface area contributed by atoms with E-state index in [0.717, 1.165) is 5.69 Å². The topological polar surface area (TPSA) is 149 Å². The van der Waals surface area contributed by atoms with Crippen LogP contribution in [0.2, 0.25) is 0 Å². The number of carbonyl (C=O) groups excluding carboxylic acids is 2. The second-order valence-corrected chi connectivity index (χ2v) is 6.47. The third-order valence-corrected chi connectivity index (χ3v) is 4.38. The molecule has 0 spiro atoms. The summed E-state index contributed by atoms with van der Waals surface area (Å²) in [4.78, 5) is 31.9. The predicted molar refractivity (Wildman–Crippen MR) is 103 cm³/mol. The number of hydrogen-bond acceptors (Lipinski definition) is 8. The Balaban J connectivity index is 1.92. The maximum absolute atomic E-state index is 11.9. The summed E-state index contributed by atoms with van der Waals surface area (Å²) in [6.45, 7) is 1.84. The number of nitrogens with two attached hydrogens (primary N) is 2. The summed E-state index contributed by atoms with van der Waals surface area (Å²) in [6, 6.07) is 9.97. The number of anilines is 3. The van der Waals surface area contributed by atoms with Gasteiger partial charge in [0, 0.05) is 0 Å². The Morgan fingerprint density at radius 2 is 1.93 bits per heavy atom. The van der Waals surface area contributed by atoms with Gasteiger partial charge in [-0.05, 0) is 30.1 Å². The largest absolute Gasteiger partial charge is 0.368 e. The molecule has 0 saturated carbocycles. The third kappa shape index (κ3) is 4.36. The number of rotatable bonds is 7. The molecule has 1 aromatic carbocycles. The van der Waals surface area contributed by atoms with E-state index in [9.17, 15) is 9.59 Å². The van der Waals surface area contributed by atoms with Gasteiger partial charge in [-0.15, -0.1) is 0 Å². The third-order valence-electron chi connectivity index (χ3n) is 3.59. The molecule has 1 unspecified atom stereocenters. The fourth-order valence-electron chi connectivity index (χ4n) is 2.38. The van der Waals surface area contributed by atoms with E-state index in [1.54, 1.807) is 30.3 Å². The number of nitrogens with one attached hydrogen (secondary N) is 2. The lowest BCUT2D eigenvalue weighted by atomic mass is 10.1. The second-order valence-electron chi connectivity index (χ2n) is 5.66. The molecule has 2 heterocycles. The van der Waals surface area contributed by atoms with Gasteiger partial charge in [-0.3, -0.25) is 9.59 Å². The van der Waals surface area contributed by atoms with Gasteiger partial charge in [0.1, 0.15) is 16.9 Å². The van der Waals surface area contributed by atoms with E-state index < -0.39 is 17.9 Å². The van der Waals surface area contributed by atoms with Crippen molar-refractivity contribution < 1.29 is 9.59 Å². The summed E-state index contributed by atoms with van der Waals surface area (Å²) in [6.07, 6.45) is 1.32. The summed E-state index contributed by atoms with van der Waals surface area (Å²) in [5.74, 6) is -0.884. The van der Waals surface area contributed by atoms with E-state index in [1.165, 1.54) is 17.7 Å². The number of hydrogen-bond donors (Lipinski definition) is 4. The molecule has 0 saturated heterocycles. The lowest BCUT2D eigenvalue weighted by molar-refractivity contribution is -0.118. The van der Waals surface area contributed by atoms with Crippen LogP contribution in [-0.2, 0) is 4.79 Å². The average molecular weight is 383 g/mol. The molecule has 0 aliphatic carbocycles. The van der Waals surface area contributed by atoms with Gasteiger partial charge in [0.2, 0.25) is 5.91 Å². The molecule has 0 aliphatic heterocycles. The molecule has 6 N–H and O–H groups in total. The number of carbonyl (C=O) groups is 2. The minimum absolute atomic E-state index is 0.0260. The molecule has 27 heavy (non-hydrogen) atoms. The van der Waals surface area contributed by atoms with Gasteiger partial charge in [0.15, 0.2) is 11.5 Å². The van der Waals surface area contributed by atoms with E-state index in [2.05, 4.69) is 25.0 Å². The average Bonchev–Trinajstić information content (AvgIpc) is 3.05. The smallest absolute Gasteiger partial charge is 0.271 e. The minimum Gasteiger partial charge on any atom is -0.368 e. The van der Waals surface area contributed by atoms with Crippen molar-refractivity contribution in [3.63, 3.8) is 0 Å². The molecular weight excluding hydrogens is 366 g/mol. The van der Waals surface area contributed by atoms with Crippen molar-refractivity contribution >= 4 is 40.0 Å². The summed E-state index contributed by atoms with van der Waals surface area (Å²) >= 11 is 1.21. The molecule has 2 aromatic heterocycles. The molecule has 0 radical (unpaired) electrons. The second kappa shape index (κ2) is 7.79. The minimum atomic E-state index is -0.807. The van der Waals surface area contributed by atoms with Crippen LogP contribution in [0.5, 0.6) is 0 Å². The predicted octanol–water partition coefficient (Wildman–Crippen LogP) is 1.72. The standard InChI is InChI=1S/C17H17N7O2S/c1-9-7-12(27-24-9)23-17-14(16(19)26)20-8-11(22-17)21-13(15(18)25)10-5-3-2-4-6-10/h2-8,13H,1H3,(H2,18,25)(H2,19,26)(H2,21,22,23). The Hall–Kier alpha value is -3.53. The molecule has 1 atom stereocenters. The maximum Gasteiger partial charge on any atom is 0.271 e. The van der Waals surface area contributed by atoms with Gasteiger partial charge in [0.05, 0.1) is 11.9 Å². The number of aromatic nitrogens is 3. The Morgan fingerprint density at radius 3 is 2.52 bits per heavy atom. The van der Waals surface area contributed by atoms with Crippen LogP contribution in [0.3, 0.4) is 0 Å². The van der Waals surface area contributed by atoms with Crippen molar-refractivity contribution in [3.8, 4) is 0 Å². The van der Waals surface area contributed by atoms with Crippen LogP contribution in [0.15, 0.2) is 42.6 Å². The lowest BCUT2D eigenvalue weighted by Gasteiger charge is -2.17. The summed E-state index contributed by atoms with van der Waals surface area (Å²) in [7, 11) is 0. The summed E-state index contributed by atoms with van der Waals surface area (Å²) in [5, 5.41) is 6.60. The fourth-order valence-corrected chi connectivity index (χ4v) is 3.04. The number of nitrogens with zero attached hydrogens (tertiary/aromatic N) is 3. The van der Waals surface area contributed by atoms with Crippen molar-refractivity contribution in [1.29, 1.82) is 0 Å². The summed E-state index contributed by atoms with van der Waals surface area (Å²) < 4.78 is 4.16. The first-order valence-electron chi connectivity index (χ1n) is 7.92. The van der Waals surface area contributed by atoms with E-state index in [-0.39, 0.29) is 17.3 Å². The van der Waals surface area contributed by atoms with Gasteiger partial charge in [-0.25, -0.2) is 9.97 Å². The Kier molecular flexibility index (Phi) is 5.27. The van der Waals surface area contributed by atoms with Crippen molar-refractivity contribution in [2.45, 2.75) is 13.0 Å². The molecule has 0 fully saturated rings. The number of primary amides is 2. The van der Waals surface area contributed by atoms with Crippen LogP contribution in [0.25, 0.3) is 0 Å². The fraction of sp³-hybridized carbons (Fsp3) is 0.118. The monoisotopic (exact) mass is 383 g/mol. The van der Waals surface area contributed by atoms with Crippen LogP contribution in [0.1, 0.15) is 27.8 Å². The van der Waals surface area contributed by atoms with Crippen LogP contribution in [-0.4, -0.2) is 26.2 Å². The molecule has 3 aromatic rings. The lowest BCUT2D eigenvalue weighted by Crippen LogP contribution is -2.28. The first-order valence-corrected chi connectivity index (χ1v) is 8.69. The van der Waals surface area contributed by atoms with E-state index in [4.69, 9.17) is 11.5 Å². The quantitative estimate of drug-likeness (QED) is 0.485. The Morgan fingerprint density at radius 1 is 1.19 bits per heavy atom. The zero-order valence-electron chi connectivity index (χ0n) is 14.3. The van der Waals surface area contributed by atoms with Crippen molar-refractivity contribution in [2.75, 3.05) is 10.6 Å². The van der Waals surface area contributed by atoms with Crippen molar-refractivity contribution in [3.05, 3.63) is 59.5 Å². The molecule has 10 heteroatoms. The number of amides is 2. The highest BCUT2D eigenvalue weighted by Gasteiger charge is 2.20. The Bertz CT molecular complexity index is 974. The van der Waals surface area contributed by atoms with E-state index in [1.807, 2.05) is 13.0 Å². The van der Waals surface area contributed by atoms with Crippen LogP contribution in [0.4, 0.5) is 16.6 Å². The van der Waals surface area contributed by atoms with E-state index in [0.29, 0.717) is 10.6 Å². The van der Waals surface area contributed by atoms with Crippen LogP contribution in [0, 0.1) is 6.92 Å². The highest BCUT2D eigenvalue weighted by molar-refractivity contribution is 7.10. The van der Waals surface area contributed by atoms with Crippen LogP contribution >= 0.6 is 11.5 Å². The Labute approximate surface area is 159 Å². The van der Waals surface area contributed by atoms with Gasteiger partial charge < -0.3 is 22.1 Å². The van der Waals surface area contributed by atoms with E-state index >= 15 is 0 Å². The molecule has 3 rings (SSSR count). The maximum atomic E-state index is 11.9. The van der Waals surface area contributed by atoms with Gasteiger partial charge >= 0.3 is 0 Å². The molecular formula is C17H17N7O2S. The number of aryl methyl sites for hydroxylation is 1. The molecule has 9 nitrogen and oxygen atoms in total. The first-order chi connectivity index (χ1) is 12.9. The van der Waals surface area contributed by atoms with Crippen molar-refractivity contribution in [1.82, 2.24) is 14.3 Å². The zero-order valence-corrected chi connectivity index (χ0v) is 15.2. The molecule has 138 valence electrons. The van der Waals surface area contributed by atoms with Crippen molar-refractivity contribution in [2.24, 2.45) is 11.5 Å². The molecule has 0 bridgehead atoms. The van der Waals surface area contributed by atoms with Gasteiger partial charge in [-0.2, -0.15) is 4.37 Å². The normalized spacial score (nSPS) is 11.6. The first kappa shape index (κ1) is 18.3. The zero-order chi connectivity index (χ0) is 19.4. The molecule has 0 aliphatic rings. The summed E-state index contributed by atoms with van der Waals surface area (Å²) in [5.41, 5.74) is 12.4. The van der Waals surface area contributed by atoms with Gasteiger partial charge in [0.25, 0.3) is 5.91 Å². The van der Waals surface area contributed by atoms with Gasteiger partial charge in [-0.1, -0.05) is 30.3 Å². The molecule has 2 amide bonds. The highest BCUT2D eigenvalue weighted by Crippen LogP contribution is 2.24. The number of benzene rings is 1. The SMILES string of the molecule is Cc1cc(Nc2nc(NC(C(N)=O)c3ccccc3)cnc2C(N)=O)sn1. The highest BCUT2D eigenvalue weighted by atomic mass is 32.1. The van der Waals surface area contributed by atoms with Crippen LogP contribution < -0.4 is 22.1 Å².